The Morgan fingerprint density at radius 2 is 0.667 bits per heavy atom. The van der Waals surface area contributed by atoms with E-state index in [9.17, 15) is 0 Å². The Morgan fingerprint density at radius 3 is 0.983 bits per heavy atom. The van der Waals surface area contributed by atoms with Gasteiger partial charge in [-0.3, -0.25) is 0 Å². The lowest BCUT2D eigenvalue weighted by Gasteiger charge is -2.38. The largest absolute Gasteiger partial charge is 0.334 e. The van der Waals surface area contributed by atoms with E-state index in [2.05, 4.69) is 270 Å². The molecule has 0 saturated carbocycles. The quantitative estimate of drug-likeness (QED) is 0.122. The van der Waals surface area contributed by atoms with E-state index in [4.69, 9.17) is 0 Å². The third-order valence-corrected chi connectivity index (χ3v) is 11.4. The molecule has 0 heterocycles. The summed E-state index contributed by atoms with van der Waals surface area (Å²) in [5.41, 5.74) is 12.3. The third kappa shape index (κ3) is 8.18. The Balaban J connectivity index is 1.12. The first kappa shape index (κ1) is 38.2. The molecular formula is C56H50N4. The Kier molecular flexibility index (Phi) is 11.3. The van der Waals surface area contributed by atoms with Crippen molar-refractivity contribution >= 4 is 56.9 Å². The summed E-state index contributed by atoms with van der Waals surface area (Å²) in [5.74, 6) is 0.915. The Labute approximate surface area is 355 Å². The zero-order valence-electron chi connectivity index (χ0n) is 34.2. The van der Waals surface area contributed by atoms with Gasteiger partial charge in [-0.15, -0.1) is 0 Å². The summed E-state index contributed by atoms with van der Waals surface area (Å²) in [6.45, 7) is 4.59. The number of hydrogen-bond donors (Lipinski definition) is 0. The highest BCUT2D eigenvalue weighted by Crippen LogP contribution is 2.42. The standard InChI is InChI=1S/C56H50N4/c1-43-27-29-54(30-28-43)60(56-26-16-15-17-44(56)2)55-41-39-53(40-42-55)59(51-35-31-49(32-36-51)57(45-18-7-3-8-19-45)46-20-9-4-10-21-46)52-37-33-50(34-38-52)58(47-22-11-5-12-23-47)48-24-13-6-14-25-48/h3-27,29-44,56H,28H2,1-2H3. The van der Waals surface area contributed by atoms with Crippen LogP contribution in [0.4, 0.5) is 56.9 Å². The summed E-state index contributed by atoms with van der Waals surface area (Å²) in [4.78, 5) is 9.48. The Hall–Kier alpha value is -7.30. The molecule has 294 valence electrons. The predicted octanol–water partition coefficient (Wildman–Crippen LogP) is 15.5. The highest BCUT2D eigenvalue weighted by Gasteiger charge is 2.26. The van der Waals surface area contributed by atoms with Crippen LogP contribution in [0.3, 0.4) is 0 Å². The fourth-order valence-corrected chi connectivity index (χ4v) is 8.33. The first-order valence-corrected chi connectivity index (χ1v) is 21.0. The van der Waals surface area contributed by atoms with Crippen LogP contribution in [0.15, 0.2) is 242 Å². The second kappa shape index (κ2) is 17.7. The average molecular weight is 779 g/mol. The number of hydrogen-bond acceptors (Lipinski definition) is 4. The number of para-hydroxylation sites is 4. The topological polar surface area (TPSA) is 13.0 Å². The van der Waals surface area contributed by atoms with Gasteiger partial charge in [0.25, 0.3) is 0 Å². The molecule has 60 heavy (non-hydrogen) atoms. The van der Waals surface area contributed by atoms with Crippen molar-refractivity contribution in [2.75, 3.05) is 19.6 Å². The van der Waals surface area contributed by atoms with E-state index >= 15 is 0 Å². The molecule has 0 spiro atoms. The summed E-state index contributed by atoms with van der Waals surface area (Å²) < 4.78 is 0. The third-order valence-electron chi connectivity index (χ3n) is 11.4. The number of rotatable bonds is 12. The molecule has 0 fully saturated rings. The first-order chi connectivity index (χ1) is 29.6. The SMILES string of the molecule is CC1C=CC(N(c2ccc(N(c3ccc(N(c4ccccc4)c4ccccc4)cc3)c3ccc(N(c4ccccc4)c4ccccc4)cc3)cc2)C2C=CC=CC2C)=CC1. The molecule has 3 atom stereocenters. The van der Waals surface area contributed by atoms with Gasteiger partial charge in [0.05, 0.1) is 6.04 Å². The van der Waals surface area contributed by atoms with Crippen LogP contribution in [0, 0.1) is 11.8 Å². The van der Waals surface area contributed by atoms with Crippen molar-refractivity contribution in [1.29, 1.82) is 0 Å². The van der Waals surface area contributed by atoms with Crippen molar-refractivity contribution in [3.05, 3.63) is 242 Å². The van der Waals surface area contributed by atoms with Crippen LogP contribution in [-0.4, -0.2) is 6.04 Å². The smallest absolute Gasteiger partial charge is 0.0585 e. The van der Waals surface area contributed by atoms with Crippen LogP contribution in [0.25, 0.3) is 0 Å². The fourth-order valence-electron chi connectivity index (χ4n) is 8.33. The molecule has 0 radical (unpaired) electrons. The van der Waals surface area contributed by atoms with Gasteiger partial charge in [-0.05, 0) is 146 Å². The van der Waals surface area contributed by atoms with Crippen molar-refractivity contribution in [2.45, 2.75) is 26.3 Å². The van der Waals surface area contributed by atoms with E-state index in [-0.39, 0.29) is 6.04 Å². The van der Waals surface area contributed by atoms with Gasteiger partial charge >= 0.3 is 0 Å². The van der Waals surface area contributed by atoms with Gasteiger partial charge < -0.3 is 19.6 Å². The summed E-state index contributed by atoms with van der Waals surface area (Å²) in [7, 11) is 0. The van der Waals surface area contributed by atoms with Crippen molar-refractivity contribution in [1.82, 2.24) is 0 Å². The summed E-state index contributed by atoms with van der Waals surface area (Å²) in [6.07, 6.45) is 17.1. The van der Waals surface area contributed by atoms with Crippen molar-refractivity contribution < 1.29 is 0 Å². The second-order valence-corrected chi connectivity index (χ2v) is 15.6. The van der Waals surface area contributed by atoms with Crippen LogP contribution in [0.1, 0.15) is 20.3 Å². The number of benzene rings is 7. The Bertz CT molecular complexity index is 2370. The molecule has 0 aliphatic heterocycles. The lowest BCUT2D eigenvalue weighted by atomic mass is 9.93. The van der Waals surface area contributed by atoms with Crippen molar-refractivity contribution in [2.24, 2.45) is 11.8 Å². The molecule has 0 saturated heterocycles. The molecule has 7 aromatic rings. The monoisotopic (exact) mass is 778 g/mol. The van der Waals surface area contributed by atoms with Crippen LogP contribution in [0.5, 0.6) is 0 Å². The van der Waals surface area contributed by atoms with Crippen molar-refractivity contribution in [3.63, 3.8) is 0 Å². The number of anilines is 10. The summed E-state index contributed by atoms with van der Waals surface area (Å²) in [6, 6.07) is 69.5. The fraction of sp³-hybridized carbons (Fsp3) is 0.107. The summed E-state index contributed by atoms with van der Waals surface area (Å²) in [5, 5.41) is 0. The van der Waals surface area contributed by atoms with Gasteiger partial charge in [0, 0.05) is 62.6 Å². The zero-order chi connectivity index (χ0) is 40.7. The van der Waals surface area contributed by atoms with E-state index in [0.717, 1.165) is 57.6 Å². The minimum Gasteiger partial charge on any atom is -0.334 e. The first-order valence-electron chi connectivity index (χ1n) is 21.0. The predicted molar refractivity (Wildman–Crippen MR) is 255 cm³/mol. The van der Waals surface area contributed by atoms with E-state index < -0.39 is 0 Å². The molecule has 4 heteroatoms. The zero-order valence-corrected chi connectivity index (χ0v) is 34.2. The van der Waals surface area contributed by atoms with E-state index in [0.29, 0.717) is 11.8 Å². The van der Waals surface area contributed by atoms with Crippen LogP contribution < -0.4 is 19.6 Å². The van der Waals surface area contributed by atoms with Gasteiger partial charge in [-0.2, -0.15) is 0 Å². The minimum atomic E-state index is 0.218. The molecular weight excluding hydrogens is 729 g/mol. The van der Waals surface area contributed by atoms with Gasteiger partial charge in [-0.1, -0.05) is 123 Å². The van der Waals surface area contributed by atoms with E-state index in [1.165, 1.54) is 11.4 Å². The maximum Gasteiger partial charge on any atom is 0.0585 e. The molecule has 0 amide bonds. The van der Waals surface area contributed by atoms with Crippen LogP contribution >= 0.6 is 0 Å². The van der Waals surface area contributed by atoms with Crippen LogP contribution in [0.2, 0.25) is 0 Å². The highest BCUT2D eigenvalue weighted by molar-refractivity contribution is 5.84. The average Bonchev–Trinajstić information content (AvgIpc) is 3.31. The molecule has 4 nitrogen and oxygen atoms in total. The maximum atomic E-state index is 2.51. The van der Waals surface area contributed by atoms with Gasteiger partial charge in [0.15, 0.2) is 0 Å². The number of nitrogens with zero attached hydrogens (tertiary/aromatic N) is 4. The molecule has 0 bridgehead atoms. The normalized spacial score (nSPS) is 16.8. The summed E-state index contributed by atoms with van der Waals surface area (Å²) >= 11 is 0. The van der Waals surface area contributed by atoms with E-state index in [1.807, 2.05) is 0 Å². The van der Waals surface area contributed by atoms with Gasteiger partial charge in [-0.25, -0.2) is 0 Å². The molecule has 7 aromatic carbocycles. The molecule has 0 N–H and O–H groups in total. The molecule has 3 unspecified atom stereocenters. The van der Waals surface area contributed by atoms with Gasteiger partial charge in [0.2, 0.25) is 0 Å². The second-order valence-electron chi connectivity index (χ2n) is 15.6. The molecule has 0 aromatic heterocycles. The molecule has 2 aliphatic carbocycles. The molecule has 2 aliphatic rings. The van der Waals surface area contributed by atoms with Crippen LogP contribution in [-0.2, 0) is 0 Å². The van der Waals surface area contributed by atoms with Gasteiger partial charge in [0.1, 0.15) is 0 Å². The van der Waals surface area contributed by atoms with Crippen molar-refractivity contribution in [3.8, 4) is 0 Å². The maximum absolute atomic E-state index is 2.51. The highest BCUT2D eigenvalue weighted by atomic mass is 15.2. The minimum absolute atomic E-state index is 0.218. The van der Waals surface area contributed by atoms with E-state index in [1.54, 1.807) is 0 Å². The lowest BCUT2D eigenvalue weighted by Crippen LogP contribution is -2.38. The lowest BCUT2D eigenvalue weighted by molar-refractivity contribution is 0.593. The Morgan fingerprint density at radius 1 is 0.350 bits per heavy atom. The molecule has 9 rings (SSSR count). The number of allylic oxidation sites excluding steroid dienone is 5.